The second-order valence-corrected chi connectivity index (χ2v) is 15.2. The monoisotopic (exact) mass is 807 g/mol. The number of unbranched alkanes of at least 4 members (excludes halogenated alkanes) is 16. The fourth-order valence-corrected chi connectivity index (χ4v) is 6.11. The van der Waals surface area contributed by atoms with Crippen molar-refractivity contribution in [1.29, 1.82) is 0 Å². The molecule has 0 bridgehead atoms. The van der Waals surface area contributed by atoms with Crippen LogP contribution in [0.4, 0.5) is 0 Å². The predicted octanol–water partition coefficient (Wildman–Crippen LogP) is 15.3. The van der Waals surface area contributed by atoms with Crippen LogP contribution < -0.4 is 0 Å². The maximum Gasteiger partial charge on any atom is 0.306 e. The first-order valence-electron chi connectivity index (χ1n) is 23.6. The first kappa shape index (κ1) is 54.6. The molecule has 0 fully saturated rings. The maximum atomic E-state index is 12.7. The van der Waals surface area contributed by atoms with E-state index in [1.807, 2.05) is 0 Å². The lowest BCUT2D eigenvalue weighted by Gasteiger charge is -2.18. The van der Waals surface area contributed by atoms with Gasteiger partial charge in [-0.25, -0.2) is 0 Å². The Bertz CT molecular complexity index is 1160. The molecule has 0 saturated heterocycles. The normalized spacial score (nSPS) is 12.8. The summed E-state index contributed by atoms with van der Waals surface area (Å²) in [5, 5.41) is 0. The zero-order valence-corrected chi connectivity index (χ0v) is 37.5. The number of allylic oxidation sites excluding steroid dienone is 14. The zero-order chi connectivity index (χ0) is 42.3. The third-order valence-corrected chi connectivity index (χ3v) is 9.61. The molecule has 0 aromatic rings. The molecular weight excluding hydrogens is 721 g/mol. The van der Waals surface area contributed by atoms with E-state index in [9.17, 15) is 14.4 Å². The van der Waals surface area contributed by atoms with Crippen LogP contribution in [-0.4, -0.2) is 37.2 Å². The Kier molecular flexibility index (Phi) is 43.6. The van der Waals surface area contributed by atoms with Gasteiger partial charge in [0.15, 0.2) is 6.10 Å². The van der Waals surface area contributed by atoms with Crippen molar-refractivity contribution < 1.29 is 28.6 Å². The molecule has 0 amide bonds. The molecule has 0 spiro atoms. The highest BCUT2D eigenvalue weighted by Crippen LogP contribution is 2.12. The molecule has 0 N–H and O–H groups in total. The summed E-state index contributed by atoms with van der Waals surface area (Å²) in [7, 11) is 0. The van der Waals surface area contributed by atoms with Crippen LogP contribution in [0.5, 0.6) is 0 Å². The van der Waals surface area contributed by atoms with Crippen molar-refractivity contribution in [2.75, 3.05) is 13.2 Å². The molecule has 6 nitrogen and oxygen atoms in total. The van der Waals surface area contributed by atoms with E-state index in [2.05, 4.69) is 106 Å². The number of rotatable bonds is 41. The van der Waals surface area contributed by atoms with Crippen molar-refractivity contribution in [3.63, 3.8) is 0 Å². The van der Waals surface area contributed by atoms with E-state index in [0.717, 1.165) is 135 Å². The van der Waals surface area contributed by atoms with Crippen molar-refractivity contribution in [3.05, 3.63) is 85.1 Å². The van der Waals surface area contributed by atoms with E-state index in [0.29, 0.717) is 19.3 Å². The van der Waals surface area contributed by atoms with Crippen molar-refractivity contribution in [1.82, 2.24) is 0 Å². The van der Waals surface area contributed by atoms with Gasteiger partial charge in [0.2, 0.25) is 0 Å². The van der Waals surface area contributed by atoms with Gasteiger partial charge in [0.25, 0.3) is 0 Å². The largest absolute Gasteiger partial charge is 0.462 e. The molecule has 0 heterocycles. The van der Waals surface area contributed by atoms with Crippen LogP contribution in [0.3, 0.4) is 0 Å². The lowest BCUT2D eigenvalue weighted by Crippen LogP contribution is -2.30. The fourth-order valence-electron chi connectivity index (χ4n) is 6.11. The third kappa shape index (κ3) is 43.7. The minimum absolute atomic E-state index is 0.0986. The molecule has 0 rings (SSSR count). The first-order chi connectivity index (χ1) is 28.5. The Morgan fingerprint density at radius 2 is 0.672 bits per heavy atom. The van der Waals surface area contributed by atoms with Crippen LogP contribution in [0.15, 0.2) is 85.1 Å². The van der Waals surface area contributed by atoms with Crippen LogP contribution >= 0.6 is 0 Å². The Labute approximate surface area is 356 Å². The number of ether oxygens (including phenoxy) is 3. The van der Waals surface area contributed by atoms with Gasteiger partial charge in [0.1, 0.15) is 13.2 Å². The number of esters is 3. The molecule has 0 aliphatic carbocycles. The average molecular weight is 807 g/mol. The van der Waals surface area contributed by atoms with Crippen molar-refractivity contribution in [2.45, 2.75) is 213 Å². The minimum Gasteiger partial charge on any atom is -0.462 e. The summed E-state index contributed by atoms with van der Waals surface area (Å²) in [6.45, 7) is 6.32. The van der Waals surface area contributed by atoms with Crippen molar-refractivity contribution in [2.24, 2.45) is 0 Å². The van der Waals surface area contributed by atoms with E-state index < -0.39 is 6.10 Å². The lowest BCUT2D eigenvalue weighted by atomic mass is 10.1. The number of carbonyl (C=O) groups is 3. The van der Waals surface area contributed by atoms with Gasteiger partial charge in [-0.05, 0) is 109 Å². The van der Waals surface area contributed by atoms with Crippen LogP contribution in [0, 0.1) is 0 Å². The Morgan fingerprint density at radius 1 is 0.362 bits per heavy atom. The Morgan fingerprint density at radius 3 is 1.07 bits per heavy atom. The predicted molar refractivity (Wildman–Crippen MR) is 247 cm³/mol. The number of carbonyl (C=O) groups excluding carboxylic acids is 3. The smallest absolute Gasteiger partial charge is 0.306 e. The summed E-state index contributed by atoms with van der Waals surface area (Å²) < 4.78 is 16.7. The number of hydrogen-bond acceptors (Lipinski definition) is 6. The highest BCUT2D eigenvalue weighted by molar-refractivity contribution is 5.71. The molecular formula is C52H86O6. The van der Waals surface area contributed by atoms with E-state index in [1.165, 1.54) is 32.1 Å². The number of hydrogen-bond donors (Lipinski definition) is 0. The Balaban J connectivity index is 4.48. The van der Waals surface area contributed by atoms with Gasteiger partial charge in [-0.2, -0.15) is 0 Å². The molecule has 0 aromatic heterocycles. The summed E-state index contributed by atoms with van der Waals surface area (Å²) in [6.07, 6.45) is 58.5. The lowest BCUT2D eigenvalue weighted by molar-refractivity contribution is -0.167. The van der Waals surface area contributed by atoms with Gasteiger partial charge in [0, 0.05) is 19.3 Å². The van der Waals surface area contributed by atoms with Gasteiger partial charge >= 0.3 is 17.9 Å². The Hall–Kier alpha value is -3.41. The second kappa shape index (κ2) is 46.3. The molecule has 0 radical (unpaired) electrons. The van der Waals surface area contributed by atoms with Crippen LogP contribution in [0.2, 0.25) is 0 Å². The fraction of sp³-hybridized carbons (Fsp3) is 0.673. The summed E-state index contributed by atoms with van der Waals surface area (Å²) >= 11 is 0. The molecule has 0 aromatic carbocycles. The maximum absolute atomic E-state index is 12.7. The molecule has 1 unspecified atom stereocenters. The minimum atomic E-state index is -0.799. The van der Waals surface area contributed by atoms with Crippen molar-refractivity contribution >= 4 is 17.9 Å². The van der Waals surface area contributed by atoms with E-state index >= 15 is 0 Å². The van der Waals surface area contributed by atoms with Gasteiger partial charge in [-0.1, -0.05) is 164 Å². The molecule has 6 heteroatoms. The van der Waals surface area contributed by atoms with Gasteiger partial charge in [-0.3, -0.25) is 14.4 Å². The highest BCUT2D eigenvalue weighted by atomic mass is 16.6. The van der Waals surface area contributed by atoms with Crippen LogP contribution in [0.1, 0.15) is 207 Å². The summed E-state index contributed by atoms with van der Waals surface area (Å²) in [6, 6.07) is 0. The van der Waals surface area contributed by atoms with E-state index in [4.69, 9.17) is 14.2 Å². The van der Waals surface area contributed by atoms with E-state index in [1.54, 1.807) is 0 Å². The standard InChI is InChI=1S/C52H86O6/c1-4-7-10-13-16-19-22-25-27-30-33-36-39-42-45-51(54)57-48-49(47-56-50(53)44-41-38-35-32-29-24-21-18-15-12-9-6-3)58-52(55)46-43-40-37-34-31-28-26-23-20-17-14-11-8-5-2/h7-8,10-11,16-21,25-28,49H,4-6,9,12-15,22-24,29-48H2,1-3H3/b10-7-,11-8-,19-16-,20-17-,21-18-,27-25-,28-26-. The first-order valence-corrected chi connectivity index (χ1v) is 23.6. The highest BCUT2D eigenvalue weighted by Gasteiger charge is 2.19. The van der Waals surface area contributed by atoms with Crippen LogP contribution in [0.25, 0.3) is 0 Å². The van der Waals surface area contributed by atoms with E-state index in [-0.39, 0.29) is 31.1 Å². The summed E-state index contributed by atoms with van der Waals surface area (Å²) in [5.74, 6) is -0.959. The van der Waals surface area contributed by atoms with Crippen LogP contribution in [-0.2, 0) is 28.6 Å². The van der Waals surface area contributed by atoms with Crippen molar-refractivity contribution in [3.8, 4) is 0 Å². The summed E-state index contributed by atoms with van der Waals surface area (Å²) in [5.41, 5.74) is 0. The van der Waals surface area contributed by atoms with Gasteiger partial charge < -0.3 is 14.2 Å². The molecule has 0 aliphatic heterocycles. The summed E-state index contributed by atoms with van der Waals surface area (Å²) in [4.78, 5) is 37.8. The molecule has 0 aliphatic rings. The second-order valence-electron chi connectivity index (χ2n) is 15.2. The van der Waals surface area contributed by atoms with Gasteiger partial charge in [0.05, 0.1) is 0 Å². The molecule has 330 valence electrons. The molecule has 1 atom stereocenters. The molecule has 58 heavy (non-hydrogen) atoms. The SMILES string of the molecule is CC/C=C\C/C=C\C/C=C\CCCCCCC(=O)OCC(COC(=O)CCCCCCC/C=C\CCCCC)OC(=O)CCCCCC/C=C\C/C=C\C/C=C\CC. The third-order valence-electron chi connectivity index (χ3n) is 9.61. The zero-order valence-electron chi connectivity index (χ0n) is 37.5. The topological polar surface area (TPSA) is 78.9 Å². The quantitative estimate of drug-likeness (QED) is 0.0265. The average Bonchev–Trinajstić information content (AvgIpc) is 3.22. The molecule has 0 saturated carbocycles. The van der Waals surface area contributed by atoms with Gasteiger partial charge in [-0.15, -0.1) is 0 Å².